The second-order valence-electron chi connectivity index (χ2n) is 3.57. The molecule has 0 aromatic heterocycles. The summed E-state index contributed by atoms with van der Waals surface area (Å²) in [6.07, 6.45) is 8.87. The topological polar surface area (TPSA) is 0 Å². The number of unbranched alkanes of at least 4 members (excludes halogenated alkanes) is 1. The minimum absolute atomic E-state index is 0.936. The Morgan fingerprint density at radius 1 is 1.20 bits per heavy atom. The van der Waals surface area contributed by atoms with E-state index in [1.165, 1.54) is 18.4 Å². The van der Waals surface area contributed by atoms with E-state index in [2.05, 4.69) is 65.0 Å². The molecule has 1 rings (SSSR count). The molecule has 0 saturated carbocycles. The Morgan fingerprint density at radius 2 is 1.93 bits per heavy atom. The van der Waals surface area contributed by atoms with Gasteiger partial charge in [-0.2, -0.15) is 0 Å². The normalized spacial score (nSPS) is 10.7. The van der Waals surface area contributed by atoms with Gasteiger partial charge >= 0.3 is 0 Å². The maximum absolute atomic E-state index is 3.79. The zero-order valence-corrected chi connectivity index (χ0v) is 10.5. The molecule has 0 aliphatic rings. The lowest BCUT2D eigenvalue weighted by atomic mass is 10.1. The van der Waals surface area contributed by atoms with E-state index in [4.69, 9.17) is 0 Å². The largest absolute Gasteiger partial charge is 0.0885 e. The molecule has 0 bridgehead atoms. The van der Waals surface area contributed by atoms with Crippen molar-refractivity contribution in [2.75, 3.05) is 0 Å². The highest BCUT2D eigenvalue weighted by Gasteiger charge is 1.89. The third-order valence-electron chi connectivity index (χ3n) is 2.19. The molecule has 0 N–H and O–H groups in total. The average molecular weight is 265 g/mol. The van der Waals surface area contributed by atoms with Crippen LogP contribution in [0.2, 0.25) is 0 Å². The van der Waals surface area contributed by atoms with E-state index in [1.807, 2.05) is 0 Å². The van der Waals surface area contributed by atoms with Crippen LogP contribution in [0.3, 0.4) is 0 Å². The highest BCUT2D eigenvalue weighted by atomic mass is 79.9. The molecule has 0 fully saturated rings. The van der Waals surface area contributed by atoms with Crippen LogP contribution in [0.4, 0.5) is 0 Å². The first kappa shape index (κ1) is 12.3. The quantitative estimate of drug-likeness (QED) is 0.508. The van der Waals surface area contributed by atoms with Crippen molar-refractivity contribution in [2.45, 2.75) is 25.7 Å². The Labute approximate surface area is 101 Å². The SMILES string of the molecule is C=C(Br)C/C=C/CCCc1ccccc1. The van der Waals surface area contributed by atoms with Gasteiger partial charge in [-0.05, 0) is 35.7 Å². The van der Waals surface area contributed by atoms with Gasteiger partial charge in [-0.1, -0.05) is 65.0 Å². The molecule has 0 unspecified atom stereocenters. The maximum atomic E-state index is 3.79. The van der Waals surface area contributed by atoms with Crippen molar-refractivity contribution in [2.24, 2.45) is 0 Å². The fourth-order valence-corrected chi connectivity index (χ4v) is 1.58. The lowest BCUT2D eigenvalue weighted by Gasteiger charge is -1.97. The second-order valence-corrected chi connectivity index (χ2v) is 4.69. The van der Waals surface area contributed by atoms with Crippen LogP contribution < -0.4 is 0 Å². The van der Waals surface area contributed by atoms with Gasteiger partial charge in [-0.25, -0.2) is 0 Å². The number of aryl methyl sites for hydroxylation is 1. The molecule has 0 heterocycles. The molecule has 15 heavy (non-hydrogen) atoms. The van der Waals surface area contributed by atoms with Gasteiger partial charge in [0.05, 0.1) is 0 Å². The summed E-state index contributed by atoms with van der Waals surface area (Å²) in [4.78, 5) is 0. The monoisotopic (exact) mass is 264 g/mol. The van der Waals surface area contributed by atoms with E-state index in [1.54, 1.807) is 0 Å². The number of benzene rings is 1. The Kier molecular flexibility index (Phi) is 6.10. The Morgan fingerprint density at radius 3 is 2.60 bits per heavy atom. The molecule has 1 aromatic carbocycles. The molecular formula is C14H17Br. The third-order valence-corrected chi connectivity index (χ3v) is 2.51. The van der Waals surface area contributed by atoms with Crippen LogP contribution >= 0.6 is 15.9 Å². The second kappa shape index (κ2) is 7.47. The average Bonchev–Trinajstić information content (AvgIpc) is 2.24. The first-order valence-electron chi connectivity index (χ1n) is 5.31. The Bertz CT molecular complexity index is 311. The van der Waals surface area contributed by atoms with E-state index in [0.29, 0.717) is 0 Å². The lowest BCUT2D eigenvalue weighted by molar-refractivity contribution is 0.841. The van der Waals surface area contributed by atoms with Gasteiger partial charge in [-0.3, -0.25) is 0 Å². The van der Waals surface area contributed by atoms with Crippen LogP contribution in [0.1, 0.15) is 24.8 Å². The van der Waals surface area contributed by atoms with Crippen molar-refractivity contribution in [3.05, 3.63) is 59.1 Å². The molecule has 0 aliphatic carbocycles. The van der Waals surface area contributed by atoms with Crippen molar-refractivity contribution in [1.82, 2.24) is 0 Å². The van der Waals surface area contributed by atoms with E-state index < -0.39 is 0 Å². The zero-order valence-electron chi connectivity index (χ0n) is 8.95. The van der Waals surface area contributed by atoms with Crippen LogP contribution in [0.15, 0.2) is 53.5 Å². The summed E-state index contributed by atoms with van der Waals surface area (Å²) >= 11 is 3.33. The van der Waals surface area contributed by atoms with Crippen LogP contribution in [0.25, 0.3) is 0 Å². The zero-order chi connectivity index (χ0) is 10.9. The summed E-state index contributed by atoms with van der Waals surface area (Å²) in [5.41, 5.74) is 1.43. The summed E-state index contributed by atoms with van der Waals surface area (Å²) in [5.74, 6) is 0. The van der Waals surface area contributed by atoms with Gasteiger partial charge in [0.1, 0.15) is 0 Å². The molecule has 80 valence electrons. The van der Waals surface area contributed by atoms with Crippen LogP contribution in [0.5, 0.6) is 0 Å². The van der Waals surface area contributed by atoms with Gasteiger partial charge in [-0.15, -0.1) is 0 Å². The first-order chi connectivity index (χ1) is 7.29. The minimum atomic E-state index is 0.936. The molecule has 0 amide bonds. The van der Waals surface area contributed by atoms with Crippen LogP contribution in [-0.2, 0) is 6.42 Å². The van der Waals surface area contributed by atoms with Crippen molar-refractivity contribution >= 4 is 15.9 Å². The molecule has 1 aromatic rings. The van der Waals surface area contributed by atoms with Crippen molar-refractivity contribution in [3.63, 3.8) is 0 Å². The Balaban J connectivity index is 2.12. The number of hydrogen-bond acceptors (Lipinski definition) is 0. The van der Waals surface area contributed by atoms with Gasteiger partial charge in [0, 0.05) is 0 Å². The van der Waals surface area contributed by atoms with Crippen molar-refractivity contribution < 1.29 is 0 Å². The van der Waals surface area contributed by atoms with Crippen LogP contribution in [0, 0.1) is 0 Å². The molecule has 0 spiro atoms. The molecule has 1 heteroatoms. The molecule has 0 atom stereocenters. The predicted molar refractivity (Wildman–Crippen MR) is 71.2 cm³/mol. The summed E-state index contributed by atoms with van der Waals surface area (Å²) in [7, 11) is 0. The van der Waals surface area contributed by atoms with E-state index in [0.717, 1.165) is 17.3 Å². The highest BCUT2D eigenvalue weighted by Crippen LogP contribution is 2.08. The van der Waals surface area contributed by atoms with Crippen molar-refractivity contribution in [3.8, 4) is 0 Å². The summed E-state index contributed by atoms with van der Waals surface area (Å²) < 4.78 is 1.04. The van der Waals surface area contributed by atoms with Gasteiger partial charge < -0.3 is 0 Å². The Hall–Kier alpha value is -0.820. The number of allylic oxidation sites excluding steroid dienone is 3. The fourth-order valence-electron chi connectivity index (χ4n) is 1.40. The van der Waals surface area contributed by atoms with E-state index in [9.17, 15) is 0 Å². The molecule has 0 nitrogen and oxygen atoms in total. The molecule has 0 aliphatic heterocycles. The van der Waals surface area contributed by atoms with Gasteiger partial charge in [0.15, 0.2) is 0 Å². The van der Waals surface area contributed by atoms with E-state index in [-0.39, 0.29) is 0 Å². The summed E-state index contributed by atoms with van der Waals surface area (Å²) in [5, 5.41) is 0. The number of hydrogen-bond donors (Lipinski definition) is 0. The standard InChI is InChI=1S/C14H17Br/c1-13(15)9-5-2-3-6-10-14-11-7-4-8-12-14/h2,4-5,7-8,11-12H,1,3,6,9-10H2/b5-2+. The smallest absolute Gasteiger partial charge is 0.00370 e. The molecule has 0 saturated heterocycles. The van der Waals surface area contributed by atoms with Gasteiger partial charge in [0.25, 0.3) is 0 Å². The fraction of sp³-hybridized carbons (Fsp3) is 0.286. The molecular weight excluding hydrogens is 248 g/mol. The minimum Gasteiger partial charge on any atom is -0.0885 e. The highest BCUT2D eigenvalue weighted by molar-refractivity contribution is 9.11. The van der Waals surface area contributed by atoms with Gasteiger partial charge in [0.2, 0.25) is 0 Å². The number of rotatable bonds is 6. The van der Waals surface area contributed by atoms with Crippen molar-refractivity contribution in [1.29, 1.82) is 0 Å². The van der Waals surface area contributed by atoms with Crippen LogP contribution in [-0.4, -0.2) is 0 Å². The third kappa shape index (κ3) is 6.29. The predicted octanol–water partition coefficient (Wildman–Crippen LogP) is 4.86. The summed E-state index contributed by atoms with van der Waals surface area (Å²) in [6, 6.07) is 10.6. The number of halogens is 1. The van der Waals surface area contributed by atoms with E-state index >= 15 is 0 Å². The maximum Gasteiger partial charge on any atom is -0.00370 e. The summed E-state index contributed by atoms with van der Waals surface area (Å²) in [6.45, 7) is 3.79. The lowest BCUT2D eigenvalue weighted by Crippen LogP contribution is -1.82. The molecule has 0 radical (unpaired) electrons. The first-order valence-corrected chi connectivity index (χ1v) is 6.10.